The number of ether oxygens (including phenoxy) is 1. The second-order valence-corrected chi connectivity index (χ2v) is 6.77. The first-order chi connectivity index (χ1) is 10.8. The van der Waals surface area contributed by atoms with Crippen molar-refractivity contribution in [1.29, 1.82) is 0 Å². The van der Waals surface area contributed by atoms with Crippen LogP contribution in [0.2, 0.25) is 0 Å². The lowest BCUT2D eigenvalue weighted by Crippen LogP contribution is -2.27. The zero-order valence-corrected chi connectivity index (χ0v) is 14.0. The van der Waals surface area contributed by atoms with Gasteiger partial charge in [0, 0.05) is 5.39 Å². The third kappa shape index (κ3) is 3.14. The maximum atomic E-state index is 12.8. The molecule has 3 aromatic rings. The van der Waals surface area contributed by atoms with Gasteiger partial charge in [-0.3, -0.25) is 0 Å². The molecule has 1 heterocycles. The van der Waals surface area contributed by atoms with E-state index in [-0.39, 0.29) is 6.09 Å². The molecule has 1 aromatic heterocycles. The number of carbonyl (C=O) groups excluding carboxylic acids is 1. The predicted molar refractivity (Wildman–Crippen MR) is 93.7 cm³/mol. The van der Waals surface area contributed by atoms with E-state index in [1.165, 1.54) is 0 Å². The van der Waals surface area contributed by atoms with E-state index < -0.39 is 5.60 Å². The SMILES string of the molecule is Cc1cccc(-c2cc3ccccc3n2C(=O)OC(C)(C)C)c1. The fourth-order valence-corrected chi connectivity index (χ4v) is 2.68. The highest BCUT2D eigenvalue weighted by Crippen LogP contribution is 2.29. The van der Waals surface area contributed by atoms with E-state index in [4.69, 9.17) is 4.74 Å². The van der Waals surface area contributed by atoms with Crippen molar-refractivity contribution in [2.45, 2.75) is 33.3 Å². The molecule has 3 nitrogen and oxygen atoms in total. The Morgan fingerprint density at radius 3 is 2.43 bits per heavy atom. The van der Waals surface area contributed by atoms with Gasteiger partial charge < -0.3 is 4.74 Å². The molecule has 0 aliphatic carbocycles. The van der Waals surface area contributed by atoms with Crippen molar-refractivity contribution in [3.8, 4) is 11.3 Å². The molecular formula is C20H21NO2. The summed E-state index contributed by atoms with van der Waals surface area (Å²) < 4.78 is 7.27. The fourth-order valence-electron chi connectivity index (χ4n) is 2.68. The van der Waals surface area contributed by atoms with E-state index in [0.29, 0.717) is 0 Å². The highest BCUT2D eigenvalue weighted by atomic mass is 16.6. The summed E-state index contributed by atoms with van der Waals surface area (Å²) in [5.74, 6) is 0. The fraction of sp³-hybridized carbons (Fsp3) is 0.250. The topological polar surface area (TPSA) is 31.2 Å². The molecule has 0 spiro atoms. The van der Waals surface area contributed by atoms with Gasteiger partial charge in [-0.2, -0.15) is 0 Å². The van der Waals surface area contributed by atoms with E-state index in [9.17, 15) is 4.79 Å². The van der Waals surface area contributed by atoms with Crippen molar-refractivity contribution in [2.24, 2.45) is 0 Å². The molecule has 0 saturated heterocycles. The number of fused-ring (bicyclic) bond motifs is 1. The van der Waals surface area contributed by atoms with Crippen molar-refractivity contribution in [2.75, 3.05) is 0 Å². The molecule has 0 unspecified atom stereocenters. The molecule has 3 rings (SSSR count). The van der Waals surface area contributed by atoms with Crippen LogP contribution in [0.1, 0.15) is 26.3 Å². The van der Waals surface area contributed by atoms with Gasteiger partial charge in [-0.25, -0.2) is 9.36 Å². The number of para-hydroxylation sites is 1. The van der Waals surface area contributed by atoms with Crippen molar-refractivity contribution in [1.82, 2.24) is 4.57 Å². The van der Waals surface area contributed by atoms with Crippen LogP contribution in [0.5, 0.6) is 0 Å². The van der Waals surface area contributed by atoms with Gasteiger partial charge >= 0.3 is 6.09 Å². The lowest BCUT2D eigenvalue weighted by Gasteiger charge is -2.21. The molecule has 0 atom stereocenters. The van der Waals surface area contributed by atoms with Crippen molar-refractivity contribution >= 4 is 17.0 Å². The van der Waals surface area contributed by atoms with E-state index >= 15 is 0 Å². The third-order valence-electron chi connectivity index (χ3n) is 3.60. The Labute approximate surface area is 136 Å². The number of hydrogen-bond acceptors (Lipinski definition) is 2. The predicted octanol–water partition coefficient (Wildman–Crippen LogP) is 5.40. The van der Waals surface area contributed by atoms with Crippen LogP contribution in [0, 0.1) is 6.92 Å². The minimum absolute atomic E-state index is 0.352. The van der Waals surface area contributed by atoms with E-state index in [0.717, 1.165) is 27.7 Å². The second-order valence-electron chi connectivity index (χ2n) is 6.77. The van der Waals surface area contributed by atoms with Crippen LogP contribution in [0.15, 0.2) is 54.6 Å². The Kier molecular flexibility index (Phi) is 3.72. The third-order valence-corrected chi connectivity index (χ3v) is 3.60. The zero-order valence-electron chi connectivity index (χ0n) is 14.0. The van der Waals surface area contributed by atoms with Crippen LogP contribution in [-0.2, 0) is 4.74 Å². The Hall–Kier alpha value is -2.55. The first-order valence-corrected chi connectivity index (χ1v) is 7.76. The lowest BCUT2D eigenvalue weighted by atomic mass is 10.1. The van der Waals surface area contributed by atoms with Gasteiger partial charge in [-0.1, -0.05) is 42.0 Å². The quantitative estimate of drug-likeness (QED) is 0.602. The molecule has 0 amide bonds. The number of rotatable bonds is 1. The standard InChI is InChI=1S/C20H21NO2/c1-14-8-7-10-15(12-14)18-13-16-9-5-6-11-17(16)21(18)19(22)23-20(2,3)4/h5-13H,1-4H3. The number of nitrogens with zero attached hydrogens (tertiary/aromatic N) is 1. The lowest BCUT2D eigenvalue weighted by molar-refractivity contribution is 0.0547. The highest BCUT2D eigenvalue weighted by molar-refractivity contribution is 5.96. The van der Waals surface area contributed by atoms with Crippen LogP contribution in [0.25, 0.3) is 22.2 Å². The normalized spacial score (nSPS) is 11.7. The van der Waals surface area contributed by atoms with Crippen LogP contribution >= 0.6 is 0 Å². The number of carbonyl (C=O) groups is 1. The van der Waals surface area contributed by atoms with Crippen molar-refractivity contribution in [3.05, 3.63) is 60.2 Å². The van der Waals surface area contributed by atoms with Crippen LogP contribution in [0.4, 0.5) is 4.79 Å². The molecular weight excluding hydrogens is 286 g/mol. The van der Waals surface area contributed by atoms with Crippen molar-refractivity contribution in [3.63, 3.8) is 0 Å². The van der Waals surface area contributed by atoms with Crippen molar-refractivity contribution < 1.29 is 9.53 Å². The van der Waals surface area contributed by atoms with Crippen LogP contribution < -0.4 is 0 Å². The largest absolute Gasteiger partial charge is 0.443 e. The molecule has 0 N–H and O–H groups in total. The monoisotopic (exact) mass is 307 g/mol. The summed E-state index contributed by atoms with van der Waals surface area (Å²) in [6.45, 7) is 7.68. The highest BCUT2D eigenvalue weighted by Gasteiger charge is 2.22. The van der Waals surface area contributed by atoms with E-state index in [1.54, 1.807) is 4.57 Å². The summed E-state index contributed by atoms with van der Waals surface area (Å²) in [5, 5.41) is 1.02. The molecule has 0 aliphatic heterocycles. The summed E-state index contributed by atoms with van der Waals surface area (Å²) in [6.07, 6.45) is -0.352. The van der Waals surface area contributed by atoms with E-state index in [1.807, 2.05) is 76.2 Å². The summed E-state index contributed by atoms with van der Waals surface area (Å²) in [5.41, 5.74) is 3.34. The summed E-state index contributed by atoms with van der Waals surface area (Å²) >= 11 is 0. The first kappa shape index (κ1) is 15.3. The molecule has 0 bridgehead atoms. The maximum Gasteiger partial charge on any atom is 0.419 e. The summed E-state index contributed by atoms with van der Waals surface area (Å²) in [7, 11) is 0. The number of aromatic nitrogens is 1. The molecule has 0 aliphatic rings. The minimum atomic E-state index is -0.535. The number of aryl methyl sites for hydroxylation is 1. The van der Waals surface area contributed by atoms with E-state index in [2.05, 4.69) is 6.07 Å². The zero-order chi connectivity index (χ0) is 16.6. The average molecular weight is 307 g/mol. The maximum absolute atomic E-state index is 12.8. The molecule has 0 saturated carbocycles. The average Bonchev–Trinajstić information content (AvgIpc) is 2.85. The van der Waals surface area contributed by atoms with Gasteiger partial charge in [-0.05, 0) is 51.5 Å². The smallest absolute Gasteiger partial charge is 0.419 e. The molecule has 118 valence electrons. The number of hydrogen-bond donors (Lipinski definition) is 0. The Morgan fingerprint density at radius 2 is 1.74 bits per heavy atom. The molecule has 23 heavy (non-hydrogen) atoms. The Balaban J connectivity index is 2.21. The minimum Gasteiger partial charge on any atom is -0.443 e. The van der Waals surface area contributed by atoms with Gasteiger partial charge in [0.2, 0.25) is 0 Å². The molecule has 3 heteroatoms. The summed E-state index contributed by atoms with van der Waals surface area (Å²) in [4.78, 5) is 12.8. The Bertz CT molecular complexity index is 869. The second kappa shape index (κ2) is 5.58. The Morgan fingerprint density at radius 1 is 1.00 bits per heavy atom. The number of benzene rings is 2. The van der Waals surface area contributed by atoms with Gasteiger partial charge in [-0.15, -0.1) is 0 Å². The van der Waals surface area contributed by atoms with Crippen LogP contribution in [-0.4, -0.2) is 16.3 Å². The van der Waals surface area contributed by atoms with Crippen LogP contribution in [0.3, 0.4) is 0 Å². The molecule has 2 aromatic carbocycles. The van der Waals surface area contributed by atoms with Gasteiger partial charge in [0.05, 0.1) is 11.2 Å². The first-order valence-electron chi connectivity index (χ1n) is 7.76. The molecule has 0 fully saturated rings. The van der Waals surface area contributed by atoms with Gasteiger partial charge in [0.1, 0.15) is 5.60 Å². The molecule has 0 radical (unpaired) electrons. The van der Waals surface area contributed by atoms with Gasteiger partial charge in [0.15, 0.2) is 0 Å². The summed E-state index contributed by atoms with van der Waals surface area (Å²) in [6, 6.07) is 18.0. The van der Waals surface area contributed by atoms with Gasteiger partial charge in [0.25, 0.3) is 0 Å².